The second-order valence-corrected chi connectivity index (χ2v) is 6.36. The number of carboxylic acid groups (broad SMARTS) is 1. The third kappa shape index (κ3) is 3.26. The monoisotopic (exact) mass is 330 g/mol. The van der Waals surface area contributed by atoms with Crippen molar-refractivity contribution in [3.05, 3.63) is 57.1 Å². The van der Waals surface area contributed by atoms with E-state index in [1.165, 1.54) is 23.9 Å². The number of benzene rings is 1. The second-order valence-electron chi connectivity index (χ2n) is 4.35. The summed E-state index contributed by atoms with van der Waals surface area (Å²) >= 11 is 2.78. The molecule has 0 bridgehead atoms. The van der Waals surface area contributed by atoms with Crippen molar-refractivity contribution in [3.63, 3.8) is 0 Å². The Bertz CT molecular complexity index is 795. The van der Waals surface area contributed by atoms with Crippen LogP contribution in [0, 0.1) is 0 Å². The molecule has 0 radical (unpaired) electrons. The molecule has 1 fully saturated rings. The molecule has 1 saturated heterocycles. The minimum Gasteiger partial charge on any atom is -0.478 e. The molecule has 1 aliphatic heterocycles. The van der Waals surface area contributed by atoms with Crippen LogP contribution in [-0.2, 0) is 4.79 Å². The number of nitrogens with one attached hydrogen (secondary N) is 1. The summed E-state index contributed by atoms with van der Waals surface area (Å²) in [5.74, 6) is -1.21. The number of nitrogens with zero attached hydrogens (tertiary/aromatic N) is 1. The van der Waals surface area contributed by atoms with Crippen molar-refractivity contribution < 1.29 is 14.7 Å². The molecule has 1 aromatic carbocycles. The summed E-state index contributed by atoms with van der Waals surface area (Å²) in [4.78, 5) is 28.7. The largest absolute Gasteiger partial charge is 0.478 e. The van der Waals surface area contributed by atoms with E-state index in [2.05, 4.69) is 10.3 Å². The van der Waals surface area contributed by atoms with Crippen LogP contribution >= 0.6 is 23.1 Å². The predicted molar refractivity (Wildman–Crippen MR) is 88.5 cm³/mol. The van der Waals surface area contributed by atoms with Crippen LogP contribution in [0.15, 0.2) is 51.7 Å². The lowest BCUT2D eigenvalue weighted by Gasteiger charge is -1.98. The summed E-state index contributed by atoms with van der Waals surface area (Å²) in [5.41, 5.74) is 0.644. The maximum absolute atomic E-state index is 11.9. The minimum absolute atomic E-state index is 0.158. The first-order valence-electron chi connectivity index (χ1n) is 6.28. The summed E-state index contributed by atoms with van der Waals surface area (Å²) in [5, 5.41) is 14.0. The van der Waals surface area contributed by atoms with Gasteiger partial charge in [-0.3, -0.25) is 4.79 Å². The first-order valence-corrected chi connectivity index (χ1v) is 7.98. The summed E-state index contributed by atoms with van der Waals surface area (Å²) in [7, 11) is 0. The first-order chi connectivity index (χ1) is 10.6. The molecule has 0 aliphatic carbocycles. The van der Waals surface area contributed by atoms with Crippen LogP contribution in [0.4, 0.5) is 5.69 Å². The fourth-order valence-corrected chi connectivity index (χ4v) is 3.37. The average molecular weight is 330 g/mol. The maximum atomic E-state index is 11.9. The molecular weight excluding hydrogens is 320 g/mol. The quantitative estimate of drug-likeness (QED) is 0.846. The molecule has 1 amide bonds. The lowest BCUT2D eigenvalue weighted by molar-refractivity contribution is -0.115. The van der Waals surface area contributed by atoms with E-state index in [4.69, 9.17) is 5.11 Å². The number of thioether (sulfide) groups is 1. The van der Waals surface area contributed by atoms with Gasteiger partial charge in [-0.15, -0.1) is 11.3 Å². The van der Waals surface area contributed by atoms with Gasteiger partial charge >= 0.3 is 5.97 Å². The number of carboxylic acids is 1. The van der Waals surface area contributed by atoms with Gasteiger partial charge in [0, 0.05) is 4.88 Å². The number of hydrogen-bond acceptors (Lipinski definition) is 5. The lowest BCUT2D eigenvalue weighted by atomic mass is 10.2. The summed E-state index contributed by atoms with van der Waals surface area (Å²) in [6, 6.07) is 10.1. The Balaban J connectivity index is 1.83. The van der Waals surface area contributed by atoms with E-state index in [0.717, 1.165) is 4.88 Å². The summed E-state index contributed by atoms with van der Waals surface area (Å²) in [6.07, 6.45) is 1.81. The van der Waals surface area contributed by atoms with Crippen LogP contribution in [-0.4, -0.2) is 22.2 Å². The Kier molecular flexibility index (Phi) is 4.08. The maximum Gasteiger partial charge on any atom is 0.335 e. The molecule has 22 heavy (non-hydrogen) atoms. The highest BCUT2D eigenvalue weighted by Crippen LogP contribution is 2.29. The van der Waals surface area contributed by atoms with Crippen molar-refractivity contribution in [2.24, 2.45) is 4.99 Å². The molecule has 2 aromatic rings. The van der Waals surface area contributed by atoms with Crippen molar-refractivity contribution >= 4 is 51.9 Å². The van der Waals surface area contributed by atoms with Crippen molar-refractivity contribution in [2.75, 3.05) is 0 Å². The molecular formula is C15H10N2O3S2. The Hall–Kier alpha value is -2.38. The zero-order valence-electron chi connectivity index (χ0n) is 11.1. The van der Waals surface area contributed by atoms with E-state index in [9.17, 15) is 9.59 Å². The lowest BCUT2D eigenvalue weighted by Crippen LogP contribution is -2.19. The van der Waals surface area contributed by atoms with Crippen LogP contribution in [0.2, 0.25) is 0 Å². The molecule has 0 spiro atoms. The second kappa shape index (κ2) is 6.17. The van der Waals surface area contributed by atoms with Gasteiger partial charge in [-0.2, -0.15) is 0 Å². The van der Waals surface area contributed by atoms with Gasteiger partial charge < -0.3 is 10.4 Å². The molecule has 5 nitrogen and oxygen atoms in total. The Labute approximate surface area is 134 Å². The minimum atomic E-state index is -1.01. The Morgan fingerprint density at radius 1 is 1.27 bits per heavy atom. The molecule has 2 N–H and O–H groups in total. The Morgan fingerprint density at radius 2 is 2.14 bits per heavy atom. The van der Waals surface area contributed by atoms with Gasteiger partial charge in [-0.05, 0) is 47.5 Å². The normalized spacial score (nSPS) is 17.9. The van der Waals surface area contributed by atoms with Gasteiger partial charge in [0.05, 0.1) is 16.2 Å². The van der Waals surface area contributed by atoms with Crippen LogP contribution in [0.1, 0.15) is 15.2 Å². The van der Waals surface area contributed by atoms with E-state index in [1.807, 2.05) is 17.5 Å². The van der Waals surface area contributed by atoms with Crippen LogP contribution in [0.3, 0.4) is 0 Å². The third-order valence-electron chi connectivity index (χ3n) is 2.79. The molecule has 7 heteroatoms. The van der Waals surface area contributed by atoms with Gasteiger partial charge in [0.15, 0.2) is 5.17 Å². The smallest absolute Gasteiger partial charge is 0.335 e. The number of carbonyl (C=O) groups excluding carboxylic acids is 1. The molecule has 110 valence electrons. The van der Waals surface area contributed by atoms with Crippen molar-refractivity contribution in [3.8, 4) is 0 Å². The number of amidine groups is 1. The van der Waals surface area contributed by atoms with Gasteiger partial charge in [-0.25, -0.2) is 9.79 Å². The SMILES string of the molecule is O=C1NC(=Nc2cccc(C(=O)O)c2)S/C1=C\c1cccs1. The topological polar surface area (TPSA) is 78.8 Å². The zero-order chi connectivity index (χ0) is 15.5. The summed E-state index contributed by atoms with van der Waals surface area (Å²) < 4.78 is 0. The van der Waals surface area contributed by atoms with E-state index in [0.29, 0.717) is 15.8 Å². The summed E-state index contributed by atoms with van der Waals surface area (Å²) in [6.45, 7) is 0. The molecule has 0 saturated carbocycles. The fraction of sp³-hybridized carbons (Fsp3) is 0. The molecule has 1 aliphatic rings. The number of hydrogen-bond donors (Lipinski definition) is 2. The number of amides is 1. The van der Waals surface area contributed by atoms with Gasteiger partial charge in [-0.1, -0.05) is 12.1 Å². The van der Waals surface area contributed by atoms with E-state index in [-0.39, 0.29) is 11.5 Å². The molecule has 2 heterocycles. The fourth-order valence-electron chi connectivity index (χ4n) is 1.81. The van der Waals surface area contributed by atoms with E-state index in [1.54, 1.807) is 29.5 Å². The van der Waals surface area contributed by atoms with Gasteiger partial charge in [0.25, 0.3) is 5.91 Å². The number of thiophene rings is 1. The standard InChI is InChI=1S/C15H10N2O3S2/c18-13-12(8-11-5-2-6-21-11)22-15(17-13)16-10-4-1-3-9(7-10)14(19)20/h1-8H,(H,19,20)(H,16,17,18)/b12-8-. The average Bonchev–Trinajstić information content (AvgIpc) is 3.10. The number of carbonyl (C=O) groups is 2. The Morgan fingerprint density at radius 3 is 2.86 bits per heavy atom. The van der Waals surface area contributed by atoms with Crippen molar-refractivity contribution in [1.29, 1.82) is 0 Å². The van der Waals surface area contributed by atoms with Crippen LogP contribution in [0.25, 0.3) is 6.08 Å². The van der Waals surface area contributed by atoms with Crippen LogP contribution in [0.5, 0.6) is 0 Å². The highest BCUT2D eigenvalue weighted by Gasteiger charge is 2.23. The van der Waals surface area contributed by atoms with Crippen molar-refractivity contribution in [1.82, 2.24) is 5.32 Å². The highest BCUT2D eigenvalue weighted by molar-refractivity contribution is 8.18. The molecule has 0 atom stereocenters. The third-order valence-corrected chi connectivity index (χ3v) is 4.52. The number of aromatic carboxylic acids is 1. The molecule has 3 rings (SSSR count). The van der Waals surface area contributed by atoms with Gasteiger partial charge in [0.2, 0.25) is 0 Å². The first kappa shape index (κ1) is 14.6. The van der Waals surface area contributed by atoms with E-state index < -0.39 is 5.97 Å². The van der Waals surface area contributed by atoms with Crippen LogP contribution < -0.4 is 5.32 Å². The zero-order valence-corrected chi connectivity index (χ0v) is 12.8. The van der Waals surface area contributed by atoms with Crippen molar-refractivity contribution in [2.45, 2.75) is 0 Å². The van der Waals surface area contributed by atoms with E-state index >= 15 is 0 Å². The van der Waals surface area contributed by atoms with Gasteiger partial charge in [0.1, 0.15) is 0 Å². The highest BCUT2D eigenvalue weighted by atomic mass is 32.2. The predicted octanol–water partition coefficient (Wildman–Crippen LogP) is 3.34. The number of aliphatic imine (C=N–C) groups is 1. The number of rotatable bonds is 3. The molecule has 1 aromatic heterocycles. The molecule has 0 unspecified atom stereocenters.